The minimum Gasteiger partial charge on any atom is -0.467 e. The molecule has 0 fully saturated rings. The predicted molar refractivity (Wildman–Crippen MR) is 99.2 cm³/mol. The number of nitrogens with two attached hydrogens (primary N) is 1. The summed E-state index contributed by atoms with van der Waals surface area (Å²) in [6.45, 7) is 2.13. The molecule has 0 saturated carbocycles. The second kappa shape index (κ2) is 7.75. The maximum absolute atomic E-state index is 12.2. The average molecular weight is 422 g/mol. The molecule has 0 aliphatic heterocycles. The van der Waals surface area contributed by atoms with E-state index in [1.165, 1.54) is 16.4 Å². The predicted octanol–water partition coefficient (Wildman–Crippen LogP) is 2.81. The van der Waals surface area contributed by atoms with Gasteiger partial charge < -0.3 is 15.6 Å². The highest BCUT2D eigenvalue weighted by Gasteiger charge is 2.20. The lowest BCUT2D eigenvalue weighted by Crippen LogP contribution is -2.30. The zero-order chi connectivity index (χ0) is 17.8. The van der Waals surface area contributed by atoms with E-state index in [0.717, 1.165) is 10.0 Å². The molecule has 2 heterocycles. The zero-order valence-electron chi connectivity index (χ0n) is 13.3. The van der Waals surface area contributed by atoms with Crippen LogP contribution in [-0.4, -0.2) is 26.0 Å². The average Bonchev–Trinajstić information content (AvgIpc) is 3.24. The standard InChI is InChI=1S/C16H16BrN5O2S/c1-10(15(23)19-9-11-5-4-8-24-11)25-16-21-20-14(22(16)18)12-6-2-3-7-13(12)17/h2-8,10H,9,18H2,1H3,(H,19,23). The molecule has 9 heteroatoms. The lowest BCUT2D eigenvalue weighted by atomic mass is 10.2. The maximum atomic E-state index is 12.2. The number of amides is 1. The van der Waals surface area contributed by atoms with E-state index < -0.39 is 0 Å². The van der Waals surface area contributed by atoms with Crippen molar-refractivity contribution in [1.82, 2.24) is 20.2 Å². The Morgan fingerprint density at radius 1 is 1.36 bits per heavy atom. The van der Waals surface area contributed by atoms with Crippen LogP contribution in [0.25, 0.3) is 11.4 Å². The van der Waals surface area contributed by atoms with Crippen LogP contribution in [0.5, 0.6) is 0 Å². The van der Waals surface area contributed by atoms with Crippen molar-refractivity contribution in [3.05, 3.63) is 52.9 Å². The second-order valence-electron chi connectivity index (χ2n) is 5.21. The molecular weight excluding hydrogens is 406 g/mol. The van der Waals surface area contributed by atoms with Gasteiger partial charge in [-0.2, -0.15) is 0 Å². The monoisotopic (exact) mass is 421 g/mol. The largest absolute Gasteiger partial charge is 0.467 e. The van der Waals surface area contributed by atoms with Gasteiger partial charge in [0.05, 0.1) is 18.1 Å². The van der Waals surface area contributed by atoms with Gasteiger partial charge >= 0.3 is 0 Å². The number of carbonyl (C=O) groups excluding carboxylic acids is 1. The summed E-state index contributed by atoms with van der Waals surface area (Å²) in [5, 5.41) is 11.1. The van der Waals surface area contributed by atoms with E-state index in [1.807, 2.05) is 24.3 Å². The first kappa shape index (κ1) is 17.6. The minimum atomic E-state index is -0.381. The van der Waals surface area contributed by atoms with Crippen LogP contribution < -0.4 is 11.2 Å². The van der Waals surface area contributed by atoms with Gasteiger partial charge in [-0.25, -0.2) is 4.68 Å². The third kappa shape index (κ3) is 4.05. The first-order chi connectivity index (χ1) is 12.1. The third-order valence-corrected chi connectivity index (χ3v) is 5.20. The molecular formula is C16H16BrN5O2S. The highest BCUT2D eigenvalue weighted by Crippen LogP contribution is 2.29. The van der Waals surface area contributed by atoms with Crippen LogP contribution in [0.1, 0.15) is 12.7 Å². The molecule has 2 aromatic heterocycles. The van der Waals surface area contributed by atoms with Crippen LogP contribution in [0.3, 0.4) is 0 Å². The molecule has 3 aromatic rings. The van der Waals surface area contributed by atoms with Gasteiger partial charge in [0.1, 0.15) is 5.76 Å². The van der Waals surface area contributed by atoms with Gasteiger partial charge in [-0.3, -0.25) is 4.79 Å². The van der Waals surface area contributed by atoms with E-state index in [1.54, 1.807) is 25.3 Å². The number of furan rings is 1. The molecule has 0 aliphatic carbocycles. The van der Waals surface area contributed by atoms with Crippen molar-refractivity contribution in [3.63, 3.8) is 0 Å². The first-order valence-electron chi connectivity index (χ1n) is 7.48. The number of nitrogen functional groups attached to an aromatic ring is 1. The topological polar surface area (TPSA) is 99.0 Å². The Morgan fingerprint density at radius 3 is 2.88 bits per heavy atom. The van der Waals surface area contributed by atoms with Gasteiger partial charge in [0.15, 0.2) is 5.82 Å². The molecule has 130 valence electrons. The number of nitrogens with zero attached hydrogens (tertiary/aromatic N) is 3. The van der Waals surface area contributed by atoms with Crippen molar-refractivity contribution in [3.8, 4) is 11.4 Å². The zero-order valence-corrected chi connectivity index (χ0v) is 15.8. The Morgan fingerprint density at radius 2 is 2.16 bits per heavy atom. The Balaban J connectivity index is 1.67. The summed E-state index contributed by atoms with van der Waals surface area (Å²) >= 11 is 4.72. The van der Waals surface area contributed by atoms with Crippen molar-refractivity contribution >= 4 is 33.6 Å². The SMILES string of the molecule is CC(Sc1nnc(-c2ccccc2Br)n1N)C(=O)NCc1ccco1. The molecule has 3 rings (SSSR count). The summed E-state index contributed by atoms with van der Waals surface area (Å²) in [7, 11) is 0. The number of rotatable bonds is 6. The first-order valence-corrected chi connectivity index (χ1v) is 9.15. The van der Waals surface area contributed by atoms with E-state index in [2.05, 4.69) is 31.4 Å². The highest BCUT2D eigenvalue weighted by molar-refractivity contribution is 9.10. The summed E-state index contributed by atoms with van der Waals surface area (Å²) in [6.07, 6.45) is 1.57. The van der Waals surface area contributed by atoms with E-state index >= 15 is 0 Å². The molecule has 0 radical (unpaired) electrons. The number of hydrogen-bond donors (Lipinski definition) is 2. The lowest BCUT2D eigenvalue weighted by molar-refractivity contribution is -0.120. The number of benzene rings is 1. The Hall–Kier alpha value is -2.26. The summed E-state index contributed by atoms with van der Waals surface area (Å²) < 4.78 is 7.45. The number of halogens is 1. The quantitative estimate of drug-likeness (QED) is 0.468. The molecule has 1 amide bonds. The van der Waals surface area contributed by atoms with Crippen molar-refractivity contribution in [2.45, 2.75) is 23.9 Å². The fourth-order valence-electron chi connectivity index (χ4n) is 2.13. The number of hydrogen-bond acceptors (Lipinski definition) is 6. The van der Waals surface area contributed by atoms with Crippen LogP contribution >= 0.6 is 27.7 Å². The fourth-order valence-corrected chi connectivity index (χ4v) is 3.38. The number of aromatic nitrogens is 3. The van der Waals surface area contributed by atoms with Gasteiger partial charge in [0, 0.05) is 10.0 Å². The highest BCUT2D eigenvalue weighted by atomic mass is 79.9. The Kier molecular flexibility index (Phi) is 5.44. The Labute approximate surface area is 157 Å². The van der Waals surface area contributed by atoms with Crippen LogP contribution in [-0.2, 0) is 11.3 Å². The molecule has 0 spiro atoms. The van der Waals surface area contributed by atoms with Crippen LogP contribution in [0, 0.1) is 0 Å². The van der Waals surface area contributed by atoms with Gasteiger partial charge in [0.2, 0.25) is 11.1 Å². The lowest BCUT2D eigenvalue weighted by Gasteiger charge is -2.11. The van der Waals surface area contributed by atoms with Crippen LogP contribution in [0.4, 0.5) is 0 Å². The smallest absolute Gasteiger partial charge is 0.233 e. The number of carbonyl (C=O) groups is 1. The molecule has 1 unspecified atom stereocenters. The normalized spacial score (nSPS) is 12.1. The van der Waals surface area contributed by atoms with Gasteiger partial charge in [-0.1, -0.05) is 39.8 Å². The van der Waals surface area contributed by atoms with Crippen molar-refractivity contribution in [2.75, 3.05) is 5.84 Å². The van der Waals surface area contributed by atoms with Crippen molar-refractivity contribution in [2.24, 2.45) is 0 Å². The molecule has 7 nitrogen and oxygen atoms in total. The van der Waals surface area contributed by atoms with Crippen molar-refractivity contribution in [1.29, 1.82) is 0 Å². The molecule has 3 N–H and O–H groups in total. The summed E-state index contributed by atoms with van der Waals surface area (Å²) in [4.78, 5) is 12.2. The number of thioether (sulfide) groups is 1. The molecule has 0 aliphatic rings. The summed E-state index contributed by atoms with van der Waals surface area (Å²) in [5.41, 5.74) is 0.833. The van der Waals surface area contributed by atoms with E-state index in [9.17, 15) is 4.79 Å². The van der Waals surface area contributed by atoms with E-state index in [0.29, 0.717) is 23.3 Å². The molecule has 1 aromatic carbocycles. The van der Waals surface area contributed by atoms with Gasteiger partial charge in [-0.15, -0.1) is 10.2 Å². The van der Waals surface area contributed by atoms with Gasteiger partial charge in [-0.05, 0) is 31.2 Å². The van der Waals surface area contributed by atoms with Crippen LogP contribution in [0.15, 0.2) is 56.7 Å². The summed E-state index contributed by atoms with van der Waals surface area (Å²) in [5.74, 6) is 7.20. The molecule has 0 saturated heterocycles. The molecule has 1 atom stereocenters. The second-order valence-corrected chi connectivity index (χ2v) is 7.38. The number of nitrogens with one attached hydrogen (secondary N) is 1. The van der Waals surface area contributed by atoms with Gasteiger partial charge in [0.25, 0.3) is 0 Å². The van der Waals surface area contributed by atoms with E-state index in [4.69, 9.17) is 10.3 Å². The molecule has 0 bridgehead atoms. The maximum Gasteiger partial charge on any atom is 0.233 e. The molecule has 25 heavy (non-hydrogen) atoms. The Bertz CT molecular complexity index is 865. The van der Waals surface area contributed by atoms with Crippen molar-refractivity contribution < 1.29 is 9.21 Å². The summed E-state index contributed by atoms with van der Waals surface area (Å²) in [6, 6.07) is 11.2. The van der Waals surface area contributed by atoms with E-state index in [-0.39, 0.29) is 11.2 Å². The minimum absolute atomic E-state index is 0.133. The van der Waals surface area contributed by atoms with Crippen LogP contribution in [0.2, 0.25) is 0 Å². The fraction of sp³-hybridized carbons (Fsp3) is 0.188. The third-order valence-electron chi connectivity index (χ3n) is 3.45.